The first-order chi connectivity index (χ1) is 9.24. The zero-order valence-corrected chi connectivity index (χ0v) is 10.8. The molecule has 104 valence electrons. The molecule has 1 atom stereocenters. The van der Waals surface area contributed by atoms with Crippen molar-refractivity contribution in [3.8, 4) is 11.5 Å². The standard InChI is InChI=1S/C14H18O5/c1-2-17-14-9-12(16)11-5-4-10(8-13(11)19-14)18-7-3-6-15/h4-5,8-9,14-16H,2-3,6-7H2,1H3. The van der Waals surface area contributed by atoms with Crippen molar-refractivity contribution in [2.24, 2.45) is 0 Å². The van der Waals surface area contributed by atoms with E-state index < -0.39 is 6.29 Å². The van der Waals surface area contributed by atoms with E-state index in [0.717, 1.165) is 0 Å². The summed E-state index contributed by atoms with van der Waals surface area (Å²) in [5.41, 5.74) is 0.616. The van der Waals surface area contributed by atoms with E-state index in [1.54, 1.807) is 18.2 Å². The fourth-order valence-corrected chi connectivity index (χ4v) is 1.78. The zero-order valence-electron chi connectivity index (χ0n) is 10.8. The van der Waals surface area contributed by atoms with Crippen LogP contribution >= 0.6 is 0 Å². The van der Waals surface area contributed by atoms with Crippen LogP contribution in [0.1, 0.15) is 18.9 Å². The number of hydrogen-bond acceptors (Lipinski definition) is 5. The summed E-state index contributed by atoms with van der Waals surface area (Å²) in [6.45, 7) is 2.89. The second-order valence-corrected chi connectivity index (χ2v) is 4.08. The van der Waals surface area contributed by atoms with Crippen molar-refractivity contribution in [1.82, 2.24) is 0 Å². The summed E-state index contributed by atoms with van der Waals surface area (Å²) in [6.07, 6.45) is 1.52. The summed E-state index contributed by atoms with van der Waals surface area (Å²) in [5.74, 6) is 1.30. The lowest BCUT2D eigenvalue weighted by molar-refractivity contribution is -0.0431. The molecule has 1 aliphatic heterocycles. The first-order valence-corrected chi connectivity index (χ1v) is 6.31. The van der Waals surface area contributed by atoms with Crippen LogP contribution in [0.5, 0.6) is 11.5 Å². The van der Waals surface area contributed by atoms with Gasteiger partial charge in [-0.15, -0.1) is 0 Å². The Bertz CT molecular complexity index is 455. The van der Waals surface area contributed by atoms with Crippen LogP contribution in [0.4, 0.5) is 0 Å². The van der Waals surface area contributed by atoms with Gasteiger partial charge in [0, 0.05) is 31.8 Å². The van der Waals surface area contributed by atoms with Gasteiger partial charge in [-0.2, -0.15) is 0 Å². The molecule has 0 aliphatic carbocycles. The summed E-state index contributed by atoms with van der Waals surface area (Å²) >= 11 is 0. The minimum absolute atomic E-state index is 0.0946. The fourth-order valence-electron chi connectivity index (χ4n) is 1.78. The topological polar surface area (TPSA) is 68.2 Å². The van der Waals surface area contributed by atoms with Crippen molar-refractivity contribution in [2.45, 2.75) is 19.6 Å². The predicted octanol–water partition coefficient (Wildman–Crippen LogP) is 2.10. The predicted molar refractivity (Wildman–Crippen MR) is 70.3 cm³/mol. The molecule has 0 saturated carbocycles. The highest BCUT2D eigenvalue weighted by Crippen LogP contribution is 2.34. The molecule has 0 radical (unpaired) electrons. The number of hydrogen-bond donors (Lipinski definition) is 2. The van der Waals surface area contributed by atoms with E-state index in [4.69, 9.17) is 19.3 Å². The molecule has 0 saturated heterocycles. The van der Waals surface area contributed by atoms with Gasteiger partial charge in [0.1, 0.15) is 17.3 Å². The van der Waals surface area contributed by atoms with E-state index in [1.165, 1.54) is 6.08 Å². The number of aliphatic hydroxyl groups excluding tert-OH is 2. The summed E-state index contributed by atoms with van der Waals surface area (Å²) in [4.78, 5) is 0. The highest BCUT2D eigenvalue weighted by molar-refractivity contribution is 5.67. The van der Waals surface area contributed by atoms with Gasteiger partial charge < -0.3 is 24.4 Å². The van der Waals surface area contributed by atoms with Crippen molar-refractivity contribution in [2.75, 3.05) is 19.8 Å². The third-order valence-electron chi connectivity index (χ3n) is 2.67. The Labute approximate surface area is 112 Å². The number of aliphatic hydroxyl groups is 2. The molecule has 1 aromatic carbocycles. The Hall–Kier alpha value is -1.72. The molecule has 5 nitrogen and oxygen atoms in total. The summed E-state index contributed by atoms with van der Waals surface area (Å²) in [7, 11) is 0. The average Bonchev–Trinajstić information content (AvgIpc) is 2.39. The van der Waals surface area contributed by atoms with Crippen molar-refractivity contribution < 1.29 is 24.4 Å². The number of benzene rings is 1. The highest BCUT2D eigenvalue weighted by Gasteiger charge is 2.21. The molecule has 0 aromatic heterocycles. The Kier molecular flexibility index (Phi) is 4.65. The van der Waals surface area contributed by atoms with Gasteiger partial charge in [-0.25, -0.2) is 0 Å². The molecule has 0 fully saturated rings. The first-order valence-electron chi connectivity index (χ1n) is 6.31. The number of ether oxygens (including phenoxy) is 3. The Morgan fingerprint density at radius 2 is 2.21 bits per heavy atom. The van der Waals surface area contributed by atoms with Crippen LogP contribution in [0.3, 0.4) is 0 Å². The van der Waals surface area contributed by atoms with E-state index in [1.807, 2.05) is 6.92 Å². The van der Waals surface area contributed by atoms with Gasteiger partial charge in [-0.3, -0.25) is 0 Å². The van der Waals surface area contributed by atoms with Crippen molar-refractivity contribution in [3.63, 3.8) is 0 Å². The first kappa shape index (κ1) is 13.7. The van der Waals surface area contributed by atoms with E-state index >= 15 is 0 Å². The van der Waals surface area contributed by atoms with Gasteiger partial charge >= 0.3 is 0 Å². The molecule has 1 unspecified atom stereocenters. The maximum Gasteiger partial charge on any atom is 0.223 e. The van der Waals surface area contributed by atoms with E-state index in [2.05, 4.69) is 0 Å². The smallest absolute Gasteiger partial charge is 0.223 e. The second-order valence-electron chi connectivity index (χ2n) is 4.08. The molecule has 1 aliphatic rings. The van der Waals surface area contributed by atoms with Crippen molar-refractivity contribution >= 4 is 5.76 Å². The van der Waals surface area contributed by atoms with Gasteiger partial charge in [0.05, 0.1) is 12.2 Å². The summed E-state index contributed by atoms with van der Waals surface area (Å²) in [6, 6.07) is 5.20. The quantitative estimate of drug-likeness (QED) is 0.772. The van der Waals surface area contributed by atoms with Crippen LogP contribution in [0.15, 0.2) is 24.3 Å². The maximum absolute atomic E-state index is 9.89. The number of fused-ring (bicyclic) bond motifs is 1. The minimum atomic E-state index is -0.579. The lowest BCUT2D eigenvalue weighted by Gasteiger charge is -2.23. The van der Waals surface area contributed by atoms with E-state index in [9.17, 15) is 5.11 Å². The molecule has 0 spiro atoms. The Morgan fingerprint density at radius 1 is 1.37 bits per heavy atom. The SMILES string of the molecule is CCOC1C=C(O)c2ccc(OCCCO)cc2O1. The van der Waals surface area contributed by atoms with Crippen LogP contribution in [0, 0.1) is 0 Å². The third-order valence-corrected chi connectivity index (χ3v) is 2.67. The van der Waals surface area contributed by atoms with Crippen LogP contribution in [0.25, 0.3) is 5.76 Å². The van der Waals surface area contributed by atoms with Crippen molar-refractivity contribution in [1.29, 1.82) is 0 Å². The molecule has 0 bridgehead atoms. The molecule has 2 rings (SSSR count). The van der Waals surface area contributed by atoms with Crippen LogP contribution in [-0.2, 0) is 4.74 Å². The average molecular weight is 266 g/mol. The van der Waals surface area contributed by atoms with Gasteiger partial charge in [-0.1, -0.05) is 0 Å². The zero-order chi connectivity index (χ0) is 13.7. The lowest BCUT2D eigenvalue weighted by atomic mass is 10.1. The molecule has 19 heavy (non-hydrogen) atoms. The van der Waals surface area contributed by atoms with Gasteiger partial charge in [0.15, 0.2) is 0 Å². The summed E-state index contributed by atoms with van der Waals surface area (Å²) < 4.78 is 16.4. The minimum Gasteiger partial charge on any atom is -0.507 e. The molecule has 0 amide bonds. The van der Waals surface area contributed by atoms with Crippen LogP contribution in [0.2, 0.25) is 0 Å². The third kappa shape index (κ3) is 3.39. The molecular weight excluding hydrogens is 248 g/mol. The molecule has 2 N–H and O–H groups in total. The summed E-state index contributed by atoms with van der Waals surface area (Å²) in [5, 5.41) is 18.6. The maximum atomic E-state index is 9.89. The van der Waals surface area contributed by atoms with Gasteiger partial charge in [0.2, 0.25) is 6.29 Å². The monoisotopic (exact) mass is 266 g/mol. The molecule has 5 heteroatoms. The Morgan fingerprint density at radius 3 is 2.95 bits per heavy atom. The van der Waals surface area contributed by atoms with Crippen LogP contribution in [-0.4, -0.2) is 36.3 Å². The highest BCUT2D eigenvalue weighted by atomic mass is 16.7. The fraction of sp³-hybridized carbons (Fsp3) is 0.429. The van der Waals surface area contributed by atoms with E-state index in [0.29, 0.717) is 36.7 Å². The van der Waals surface area contributed by atoms with Crippen LogP contribution < -0.4 is 9.47 Å². The second kappa shape index (κ2) is 6.45. The Balaban J connectivity index is 2.12. The lowest BCUT2D eigenvalue weighted by Crippen LogP contribution is -2.22. The van der Waals surface area contributed by atoms with Crippen molar-refractivity contribution in [3.05, 3.63) is 29.8 Å². The normalized spacial score (nSPS) is 17.4. The number of rotatable bonds is 6. The van der Waals surface area contributed by atoms with Gasteiger partial charge in [0.25, 0.3) is 0 Å². The molecular formula is C14H18O5. The molecule has 1 aromatic rings. The van der Waals surface area contributed by atoms with Gasteiger partial charge in [-0.05, 0) is 19.1 Å². The largest absolute Gasteiger partial charge is 0.507 e. The molecule has 1 heterocycles. The van der Waals surface area contributed by atoms with E-state index in [-0.39, 0.29) is 12.4 Å².